The summed E-state index contributed by atoms with van der Waals surface area (Å²) >= 11 is 5.30. The highest BCUT2D eigenvalue weighted by molar-refractivity contribution is 7.80. The molecule has 0 aliphatic carbocycles. The maximum atomic E-state index is 5.30. The molecule has 4 nitrogen and oxygen atoms in total. The highest BCUT2D eigenvalue weighted by Gasteiger charge is 2.12. The second-order valence-electron chi connectivity index (χ2n) is 5.36. The summed E-state index contributed by atoms with van der Waals surface area (Å²) in [6.45, 7) is 7.92. The van der Waals surface area contributed by atoms with E-state index < -0.39 is 0 Å². The number of para-hydroxylation sites is 1. The molecule has 0 amide bonds. The van der Waals surface area contributed by atoms with Crippen LogP contribution in [0.3, 0.4) is 0 Å². The number of unbranched alkanes of at least 4 members (excludes halogenated alkanes) is 1. The third-order valence-corrected chi connectivity index (χ3v) is 3.97. The maximum absolute atomic E-state index is 5.30. The van der Waals surface area contributed by atoms with E-state index in [0.717, 1.165) is 36.5 Å². The van der Waals surface area contributed by atoms with Crippen LogP contribution in [-0.2, 0) is 6.54 Å². The maximum Gasteiger partial charge on any atom is 0.166 e. The Morgan fingerprint density at radius 3 is 2.59 bits per heavy atom. The molecule has 118 valence electrons. The molecular formula is C17H24N4S. The van der Waals surface area contributed by atoms with Crippen molar-refractivity contribution in [1.29, 1.82) is 0 Å². The summed E-state index contributed by atoms with van der Waals surface area (Å²) < 4.78 is 1.99. The van der Waals surface area contributed by atoms with Gasteiger partial charge in [0.1, 0.15) is 0 Å². The van der Waals surface area contributed by atoms with Crippen molar-refractivity contribution in [2.75, 3.05) is 6.54 Å². The van der Waals surface area contributed by atoms with Gasteiger partial charge < -0.3 is 10.6 Å². The zero-order chi connectivity index (χ0) is 15.9. The van der Waals surface area contributed by atoms with Crippen LogP contribution in [0, 0.1) is 13.8 Å². The lowest BCUT2D eigenvalue weighted by molar-refractivity contribution is 0.738. The summed E-state index contributed by atoms with van der Waals surface area (Å²) in [7, 11) is 0. The molecule has 2 N–H and O–H groups in total. The molecule has 2 rings (SSSR count). The number of hydrogen-bond donors (Lipinski definition) is 2. The molecule has 2 aromatic rings. The Labute approximate surface area is 137 Å². The van der Waals surface area contributed by atoms with E-state index in [0.29, 0.717) is 11.7 Å². The highest BCUT2D eigenvalue weighted by atomic mass is 32.1. The van der Waals surface area contributed by atoms with E-state index in [2.05, 4.69) is 41.7 Å². The fourth-order valence-corrected chi connectivity index (χ4v) is 2.54. The van der Waals surface area contributed by atoms with Crippen molar-refractivity contribution in [3.8, 4) is 5.69 Å². The molecule has 0 bridgehead atoms. The fourth-order valence-electron chi connectivity index (χ4n) is 2.36. The average molecular weight is 316 g/mol. The van der Waals surface area contributed by atoms with Crippen molar-refractivity contribution in [2.24, 2.45) is 0 Å². The fraction of sp³-hybridized carbons (Fsp3) is 0.412. The van der Waals surface area contributed by atoms with E-state index >= 15 is 0 Å². The topological polar surface area (TPSA) is 41.9 Å². The molecular weight excluding hydrogens is 292 g/mol. The molecule has 0 aliphatic rings. The zero-order valence-electron chi connectivity index (χ0n) is 13.5. The molecule has 0 radical (unpaired) electrons. The SMILES string of the molecule is CCCCNC(=S)NCc1c(C)nn(-c2ccccc2)c1C. The predicted molar refractivity (Wildman–Crippen MR) is 95.4 cm³/mol. The van der Waals surface area contributed by atoms with Crippen molar-refractivity contribution >= 4 is 17.3 Å². The second kappa shape index (κ2) is 7.94. The van der Waals surface area contributed by atoms with Crippen LogP contribution in [0.25, 0.3) is 5.69 Å². The number of aromatic nitrogens is 2. The van der Waals surface area contributed by atoms with Gasteiger partial charge >= 0.3 is 0 Å². The monoisotopic (exact) mass is 316 g/mol. The minimum atomic E-state index is 0.697. The first kappa shape index (κ1) is 16.5. The molecule has 0 saturated heterocycles. The van der Waals surface area contributed by atoms with Crippen molar-refractivity contribution in [2.45, 2.75) is 40.2 Å². The Morgan fingerprint density at radius 2 is 1.91 bits per heavy atom. The number of thiocarbonyl (C=S) groups is 1. The van der Waals surface area contributed by atoms with Gasteiger partial charge in [-0.05, 0) is 44.6 Å². The van der Waals surface area contributed by atoms with Gasteiger partial charge in [-0.2, -0.15) is 5.10 Å². The van der Waals surface area contributed by atoms with Crippen LogP contribution >= 0.6 is 12.2 Å². The number of aryl methyl sites for hydroxylation is 1. The first-order valence-corrected chi connectivity index (χ1v) is 8.16. The standard InChI is InChI=1S/C17H24N4S/c1-4-5-11-18-17(22)19-12-16-13(2)20-21(14(16)3)15-9-7-6-8-10-15/h6-10H,4-5,11-12H2,1-3H3,(H2,18,19,22). The number of nitrogens with one attached hydrogen (secondary N) is 2. The van der Waals surface area contributed by atoms with Gasteiger partial charge in [0.2, 0.25) is 0 Å². The van der Waals surface area contributed by atoms with Crippen LogP contribution in [0.4, 0.5) is 0 Å². The van der Waals surface area contributed by atoms with Gasteiger partial charge in [0.05, 0.1) is 11.4 Å². The van der Waals surface area contributed by atoms with Crippen LogP contribution in [0.2, 0.25) is 0 Å². The van der Waals surface area contributed by atoms with E-state index in [-0.39, 0.29) is 0 Å². The molecule has 0 unspecified atom stereocenters. The second-order valence-corrected chi connectivity index (χ2v) is 5.77. The van der Waals surface area contributed by atoms with Gasteiger partial charge in [-0.3, -0.25) is 0 Å². The van der Waals surface area contributed by atoms with Crippen molar-refractivity contribution in [1.82, 2.24) is 20.4 Å². The summed E-state index contributed by atoms with van der Waals surface area (Å²) in [5.74, 6) is 0. The van der Waals surface area contributed by atoms with Crippen molar-refractivity contribution < 1.29 is 0 Å². The molecule has 1 aromatic heterocycles. The third-order valence-electron chi connectivity index (χ3n) is 3.68. The predicted octanol–water partition coefficient (Wildman–Crippen LogP) is 3.25. The smallest absolute Gasteiger partial charge is 0.166 e. The number of benzene rings is 1. The van der Waals surface area contributed by atoms with Crippen molar-refractivity contribution in [3.05, 3.63) is 47.3 Å². The molecule has 1 heterocycles. The highest BCUT2D eigenvalue weighted by Crippen LogP contribution is 2.17. The molecule has 5 heteroatoms. The lowest BCUT2D eigenvalue weighted by atomic mass is 10.2. The van der Waals surface area contributed by atoms with Crippen LogP contribution in [0.5, 0.6) is 0 Å². The number of nitrogens with zero attached hydrogens (tertiary/aromatic N) is 2. The van der Waals surface area contributed by atoms with Crippen LogP contribution < -0.4 is 10.6 Å². The van der Waals surface area contributed by atoms with Gasteiger partial charge in [0.25, 0.3) is 0 Å². The first-order valence-electron chi connectivity index (χ1n) is 7.75. The van der Waals surface area contributed by atoms with E-state index in [9.17, 15) is 0 Å². The number of rotatable bonds is 6. The summed E-state index contributed by atoms with van der Waals surface area (Å²) in [4.78, 5) is 0. The Balaban J connectivity index is 2.03. The summed E-state index contributed by atoms with van der Waals surface area (Å²) in [5, 5.41) is 11.9. The van der Waals surface area contributed by atoms with Gasteiger partial charge in [-0.15, -0.1) is 0 Å². The van der Waals surface area contributed by atoms with E-state index in [1.807, 2.05) is 29.8 Å². The first-order chi connectivity index (χ1) is 10.6. The van der Waals surface area contributed by atoms with E-state index in [1.54, 1.807) is 0 Å². The van der Waals surface area contributed by atoms with E-state index in [1.165, 1.54) is 5.56 Å². The minimum Gasteiger partial charge on any atom is -0.363 e. The van der Waals surface area contributed by atoms with Crippen LogP contribution in [0.1, 0.15) is 36.7 Å². The Bertz CT molecular complexity index is 619. The summed E-state index contributed by atoms with van der Waals surface area (Å²) in [5.41, 5.74) is 4.46. The minimum absolute atomic E-state index is 0.697. The molecule has 0 aliphatic heterocycles. The number of hydrogen-bond acceptors (Lipinski definition) is 2. The van der Waals surface area contributed by atoms with Crippen molar-refractivity contribution in [3.63, 3.8) is 0 Å². The molecule has 0 fully saturated rings. The van der Waals surface area contributed by atoms with Gasteiger partial charge in [0.15, 0.2) is 5.11 Å². The van der Waals surface area contributed by atoms with Gasteiger partial charge in [0, 0.05) is 24.3 Å². The Morgan fingerprint density at radius 1 is 1.18 bits per heavy atom. The largest absolute Gasteiger partial charge is 0.363 e. The lowest BCUT2D eigenvalue weighted by Gasteiger charge is -2.10. The molecule has 0 atom stereocenters. The Hall–Kier alpha value is -1.88. The summed E-state index contributed by atoms with van der Waals surface area (Å²) in [6, 6.07) is 10.2. The molecule has 1 aromatic carbocycles. The molecule has 0 spiro atoms. The Kier molecular flexibility index (Phi) is 5.95. The molecule has 0 saturated carbocycles. The lowest BCUT2D eigenvalue weighted by Crippen LogP contribution is -2.35. The van der Waals surface area contributed by atoms with Gasteiger partial charge in [-0.25, -0.2) is 4.68 Å². The van der Waals surface area contributed by atoms with Crippen LogP contribution in [-0.4, -0.2) is 21.4 Å². The van der Waals surface area contributed by atoms with Gasteiger partial charge in [-0.1, -0.05) is 31.5 Å². The molecule has 22 heavy (non-hydrogen) atoms. The quantitative estimate of drug-likeness (QED) is 0.634. The van der Waals surface area contributed by atoms with Crippen LogP contribution in [0.15, 0.2) is 30.3 Å². The zero-order valence-corrected chi connectivity index (χ0v) is 14.3. The van der Waals surface area contributed by atoms with E-state index in [4.69, 9.17) is 12.2 Å². The third kappa shape index (κ3) is 4.07. The summed E-state index contributed by atoms with van der Waals surface area (Å²) in [6.07, 6.45) is 2.30. The average Bonchev–Trinajstić information content (AvgIpc) is 2.81. The normalized spacial score (nSPS) is 10.5.